The Labute approximate surface area is 154 Å². The molecule has 0 radical (unpaired) electrons. The highest BCUT2D eigenvalue weighted by Gasteiger charge is 2.31. The molecule has 1 aliphatic heterocycles. The van der Waals surface area contributed by atoms with Crippen molar-refractivity contribution >= 4 is 17.5 Å². The van der Waals surface area contributed by atoms with Crippen molar-refractivity contribution in [2.45, 2.75) is 32.7 Å². The Bertz CT molecular complexity index is 815. The minimum atomic E-state index is -0.158. The Hall–Kier alpha value is -2.82. The molecule has 3 rings (SSSR count). The van der Waals surface area contributed by atoms with E-state index in [-0.39, 0.29) is 17.9 Å². The van der Waals surface area contributed by atoms with Crippen LogP contribution >= 0.6 is 0 Å². The van der Waals surface area contributed by atoms with E-state index >= 15 is 0 Å². The van der Waals surface area contributed by atoms with Gasteiger partial charge in [-0.25, -0.2) is 0 Å². The largest absolute Gasteiger partial charge is 0.497 e. The normalized spacial score (nSPS) is 16.7. The summed E-state index contributed by atoms with van der Waals surface area (Å²) in [5.41, 5.74) is 4.16. The first-order valence-corrected chi connectivity index (χ1v) is 8.76. The van der Waals surface area contributed by atoms with Crippen molar-refractivity contribution < 1.29 is 14.3 Å². The first-order chi connectivity index (χ1) is 12.5. The maximum absolute atomic E-state index is 12.4. The summed E-state index contributed by atoms with van der Waals surface area (Å²) < 4.78 is 5.12. The molecule has 1 saturated heterocycles. The van der Waals surface area contributed by atoms with Gasteiger partial charge in [0.15, 0.2) is 0 Å². The minimum Gasteiger partial charge on any atom is -0.497 e. The molecule has 1 atom stereocenters. The third kappa shape index (κ3) is 4.04. The fourth-order valence-electron chi connectivity index (χ4n) is 3.15. The number of hydrogen-bond acceptors (Lipinski definition) is 3. The number of nitrogens with zero attached hydrogens (tertiary/aromatic N) is 1. The van der Waals surface area contributed by atoms with Crippen LogP contribution in [0.5, 0.6) is 5.75 Å². The number of benzene rings is 2. The number of ether oxygens (including phenoxy) is 1. The van der Waals surface area contributed by atoms with E-state index in [0.29, 0.717) is 19.4 Å². The van der Waals surface area contributed by atoms with E-state index in [2.05, 4.69) is 5.32 Å². The Balaban J connectivity index is 1.59. The quantitative estimate of drug-likeness (QED) is 0.900. The fraction of sp³-hybridized carbons (Fsp3) is 0.333. The van der Waals surface area contributed by atoms with Crippen molar-refractivity contribution in [1.29, 1.82) is 0 Å². The summed E-state index contributed by atoms with van der Waals surface area (Å²) in [7, 11) is 1.61. The monoisotopic (exact) mass is 352 g/mol. The summed E-state index contributed by atoms with van der Waals surface area (Å²) in [4.78, 5) is 26.4. The molecule has 2 aromatic rings. The highest BCUT2D eigenvalue weighted by Crippen LogP contribution is 2.24. The number of aryl methyl sites for hydroxylation is 2. The van der Waals surface area contributed by atoms with Gasteiger partial charge in [0, 0.05) is 18.7 Å². The third-order valence-electron chi connectivity index (χ3n) is 4.82. The molecule has 1 N–H and O–H groups in total. The molecule has 0 aliphatic carbocycles. The Morgan fingerprint density at radius 2 is 1.88 bits per heavy atom. The maximum Gasteiger partial charge on any atom is 0.229 e. The van der Waals surface area contributed by atoms with Gasteiger partial charge in [-0.15, -0.1) is 0 Å². The fourth-order valence-corrected chi connectivity index (χ4v) is 3.15. The second-order valence-corrected chi connectivity index (χ2v) is 6.77. The molecule has 1 fully saturated rings. The molecule has 0 bridgehead atoms. The SMILES string of the molecule is COc1ccc(CC(=O)N[C@H]2CC(=O)N(c3ccc(C)c(C)c3)C2)cc1. The number of methoxy groups -OCH3 is 1. The number of rotatable bonds is 5. The Morgan fingerprint density at radius 3 is 2.54 bits per heavy atom. The second kappa shape index (κ2) is 7.60. The first kappa shape index (κ1) is 18.0. The standard InChI is InChI=1S/C21H24N2O3/c1-14-4-7-18(10-15(14)2)23-13-17(12-21(23)25)22-20(24)11-16-5-8-19(26-3)9-6-16/h4-10,17H,11-13H2,1-3H3,(H,22,24)/t17-/m0/s1. The molecular formula is C21H24N2O3. The smallest absolute Gasteiger partial charge is 0.229 e. The van der Waals surface area contributed by atoms with Crippen molar-refractivity contribution in [1.82, 2.24) is 5.32 Å². The van der Waals surface area contributed by atoms with Gasteiger partial charge in [0.1, 0.15) is 5.75 Å². The Kier molecular flexibility index (Phi) is 5.26. The molecule has 0 aromatic heterocycles. The predicted molar refractivity (Wildman–Crippen MR) is 102 cm³/mol. The van der Waals surface area contributed by atoms with E-state index in [1.807, 2.05) is 56.3 Å². The lowest BCUT2D eigenvalue weighted by Crippen LogP contribution is -2.38. The van der Waals surface area contributed by atoms with Gasteiger partial charge < -0.3 is 15.0 Å². The molecular weight excluding hydrogens is 328 g/mol. The van der Waals surface area contributed by atoms with Gasteiger partial charge in [-0.05, 0) is 54.8 Å². The molecule has 136 valence electrons. The van der Waals surface area contributed by atoms with Gasteiger partial charge >= 0.3 is 0 Å². The molecule has 2 amide bonds. The van der Waals surface area contributed by atoms with E-state index in [9.17, 15) is 9.59 Å². The summed E-state index contributed by atoms with van der Waals surface area (Å²) in [6.45, 7) is 4.59. The lowest BCUT2D eigenvalue weighted by Gasteiger charge is -2.18. The van der Waals surface area contributed by atoms with Crippen LogP contribution < -0.4 is 15.0 Å². The zero-order chi connectivity index (χ0) is 18.7. The number of carbonyl (C=O) groups is 2. The van der Waals surface area contributed by atoms with Crippen molar-refractivity contribution in [2.75, 3.05) is 18.6 Å². The maximum atomic E-state index is 12.4. The van der Waals surface area contributed by atoms with Crippen molar-refractivity contribution in [3.8, 4) is 5.75 Å². The van der Waals surface area contributed by atoms with Gasteiger partial charge in [-0.2, -0.15) is 0 Å². The van der Waals surface area contributed by atoms with Gasteiger partial charge in [-0.3, -0.25) is 9.59 Å². The molecule has 5 heteroatoms. The zero-order valence-corrected chi connectivity index (χ0v) is 15.4. The van der Waals surface area contributed by atoms with Crippen LogP contribution in [0.25, 0.3) is 0 Å². The lowest BCUT2D eigenvalue weighted by atomic mass is 10.1. The molecule has 26 heavy (non-hydrogen) atoms. The average molecular weight is 352 g/mol. The van der Waals surface area contributed by atoms with Gasteiger partial charge in [0.25, 0.3) is 0 Å². The average Bonchev–Trinajstić information content (AvgIpc) is 2.98. The molecule has 0 spiro atoms. The second-order valence-electron chi connectivity index (χ2n) is 6.77. The van der Waals surface area contributed by atoms with E-state index in [0.717, 1.165) is 22.6 Å². The summed E-state index contributed by atoms with van der Waals surface area (Å²) in [6.07, 6.45) is 0.625. The van der Waals surface area contributed by atoms with E-state index in [1.54, 1.807) is 12.0 Å². The lowest BCUT2D eigenvalue weighted by molar-refractivity contribution is -0.121. The van der Waals surface area contributed by atoms with Crippen LogP contribution in [0, 0.1) is 13.8 Å². The molecule has 0 saturated carbocycles. The van der Waals surface area contributed by atoms with E-state index in [4.69, 9.17) is 4.74 Å². The molecule has 1 heterocycles. The number of hydrogen-bond donors (Lipinski definition) is 1. The molecule has 5 nitrogen and oxygen atoms in total. The number of anilines is 1. The Morgan fingerprint density at radius 1 is 1.15 bits per heavy atom. The topological polar surface area (TPSA) is 58.6 Å². The molecule has 1 aliphatic rings. The van der Waals surface area contributed by atoms with Gasteiger partial charge in [-0.1, -0.05) is 18.2 Å². The van der Waals surface area contributed by atoms with Crippen LogP contribution in [-0.2, 0) is 16.0 Å². The van der Waals surface area contributed by atoms with Crippen LogP contribution in [0.1, 0.15) is 23.1 Å². The van der Waals surface area contributed by atoms with Crippen LogP contribution in [0.15, 0.2) is 42.5 Å². The van der Waals surface area contributed by atoms with Crippen molar-refractivity contribution in [3.05, 3.63) is 59.2 Å². The van der Waals surface area contributed by atoms with Gasteiger partial charge in [0.05, 0.1) is 19.6 Å². The zero-order valence-electron chi connectivity index (χ0n) is 15.4. The third-order valence-corrected chi connectivity index (χ3v) is 4.82. The van der Waals surface area contributed by atoms with Crippen molar-refractivity contribution in [2.24, 2.45) is 0 Å². The number of amides is 2. The van der Waals surface area contributed by atoms with E-state index < -0.39 is 0 Å². The summed E-state index contributed by atoms with van der Waals surface area (Å²) in [5, 5.41) is 2.98. The predicted octanol–water partition coefficient (Wildman–Crippen LogP) is 2.78. The minimum absolute atomic E-state index is 0.0444. The molecule has 2 aromatic carbocycles. The van der Waals surface area contributed by atoms with Gasteiger partial charge in [0.2, 0.25) is 11.8 Å². The highest BCUT2D eigenvalue weighted by molar-refractivity contribution is 5.97. The van der Waals surface area contributed by atoms with Crippen molar-refractivity contribution in [3.63, 3.8) is 0 Å². The summed E-state index contributed by atoms with van der Waals surface area (Å²) >= 11 is 0. The number of nitrogens with one attached hydrogen (secondary N) is 1. The van der Waals surface area contributed by atoms with Crippen LogP contribution in [0.2, 0.25) is 0 Å². The summed E-state index contributed by atoms with van der Waals surface area (Å²) in [5.74, 6) is 0.734. The van der Waals surface area contributed by atoms with Crippen LogP contribution in [0.4, 0.5) is 5.69 Å². The molecule has 0 unspecified atom stereocenters. The van der Waals surface area contributed by atoms with Crippen LogP contribution in [0.3, 0.4) is 0 Å². The first-order valence-electron chi connectivity index (χ1n) is 8.76. The van der Waals surface area contributed by atoms with E-state index in [1.165, 1.54) is 5.56 Å². The highest BCUT2D eigenvalue weighted by atomic mass is 16.5. The van der Waals surface area contributed by atoms with Crippen LogP contribution in [-0.4, -0.2) is 31.5 Å². The summed E-state index contributed by atoms with van der Waals surface area (Å²) in [6, 6.07) is 13.3. The number of carbonyl (C=O) groups excluding carboxylic acids is 2.